The molecule has 0 saturated carbocycles. The minimum Gasteiger partial charge on any atom is -0.497 e. The third kappa shape index (κ3) is 4.68. The molecule has 1 aliphatic rings. The molecule has 0 aliphatic carbocycles. The van der Waals surface area contributed by atoms with Crippen LogP contribution >= 0.6 is 0 Å². The molecule has 31 heavy (non-hydrogen) atoms. The second-order valence-corrected chi connectivity index (χ2v) is 7.95. The van der Waals surface area contributed by atoms with E-state index < -0.39 is 0 Å². The number of nitrogens with one attached hydrogen (secondary N) is 1. The first-order valence-corrected chi connectivity index (χ1v) is 10.6. The van der Waals surface area contributed by atoms with Crippen LogP contribution in [-0.2, 0) is 17.6 Å². The number of amides is 1. The summed E-state index contributed by atoms with van der Waals surface area (Å²) in [4.78, 5) is 35.4. The predicted molar refractivity (Wildman–Crippen MR) is 119 cm³/mol. The number of nitrogens with zero attached hydrogens (tertiary/aromatic N) is 2. The van der Waals surface area contributed by atoms with Crippen LogP contribution < -0.4 is 10.3 Å². The van der Waals surface area contributed by atoms with Crippen LogP contribution in [0.5, 0.6) is 5.75 Å². The number of ether oxygens (including phenoxy) is 1. The van der Waals surface area contributed by atoms with Crippen LogP contribution in [0.3, 0.4) is 0 Å². The van der Waals surface area contributed by atoms with Crippen LogP contribution in [0.4, 0.5) is 0 Å². The maximum atomic E-state index is 13.0. The molecule has 0 bridgehead atoms. The fourth-order valence-electron chi connectivity index (χ4n) is 4.17. The monoisotopic (exact) mass is 417 g/mol. The zero-order valence-electron chi connectivity index (χ0n) is 17.9. The Bertz CT molecular complexity index is 1110. The number of hydrogen-bond donors (Lipinski definition) is 1. The van der Waals surface area contributed by atoms with E-state index in [1.807, 2.05) is 66.4 Å². The first kappa shape index (κ1) is 20.8. The Morgan fingerprint density at radius 2 is 1.87 bits per heavy atom. The van der Waals surface area contributed by atoms with Gasteiger partial charge in [0.2, 0.25) is 5.91 Å². The molecule has 2 heterocycles. The number of benzene rings is 2. The van der Waals surface area contributed by atoms with Gasteiger partial charge in [-0.05, 0) is 43.0 Å². The van der Waals surface area contributed by atoms with Crippen molar-refractivity contribution >= 4 is 5.91 Å². The molecule has 0 spiro atoms. The van der Waals surface area contributed by atoms with E-state index >= 15 is 0 Å². The number of rotatable bonds is 6. The van der Waals surface area contributed by atoms with E-state index in [0.717, 1.165) is 35.4 Å². The Labute approximate surface area is 181 Å². The van der Waals surface area contributed by atoms with Gasteiger partial charge in [0.1, 0.15) is 11.6 Å². The lowest BCUT2D eigenvalue weighted by molar-refractivity contribution is -0.131. The van der Waals surface area contributed by atoms with Gasteiger partial charge in [-0.2, -0.15) is 0 Å². The maximum Gasteiger partial charge on any atom is 0.254 e. The zero-order valence-corrected chi connectivity index (χ0v) is 17.9. The lowest BCUT2D eigenvalue weighted by Gasteiger charge is -2.24. The van der Waals surface area contributed by atoms with Crippen LogP contribution in [-0.4, -0.2) is 34.4 Å². The molecule has 0 unspecified atom stereocenters. The van der Waals surface area contributed by atoms with Gasteiger partial charge in [-0.15, -0.1) is 0 Å². The van der Waals surface area contributed by atoms with Gasteiger partial charge in [0.25, 0.3) is 5.56 Å². The summed E-state index contributed by atoms with van der Waals surface area (Å²) in [6.07, 6.45) is 2.55. The number of aryl methyl sites for hydroxylation is 1. The van der Waals surface area contributed by atoms with Gasteiger partial charge in [-0.3, -0.25) is 9.59 Å². The molecule has 4 rings (SSSR count). The van der Waals surface area contributed by atoms with E-state index in [2.05, 4.69) is 4.98 Å². The molecular formula is C25H27N3O3. The second kappa shape index (κ2) is 9.16. The SMILES string of the molecule is COc1ccc(CC(=O)N2CCC[C@H]2c2nc(C)c(Cc3ccccc3)c(=O)[nH]2)cc1. The van der Waals surface area contributed by atoms with Crippen molar-refractivity contribution in [1.82, 2.24) is 14.9 Å². The van der Waals surface area contributed by atoms with Crippen LogP contribution in [0.25, 0.3) is 0 Å². The molecule has 1 saturated heterocycles. The Morgan fingerprint density at radius 1 is 1.13 bits per heavy atom. The average Bonchev–Trinajstić information content (AvgIpc) is 3.27. The maximum absolute atomic E-state index is 13.0. The van der Waals surface area contributed by atoms with Gasteiger partial charge >= 0.3 is 0 Å². The quantitative estimate of drug-likeness (QED) is 0.665. The van der Waals surface area contributed by atoms with Crippen molar-refractivity contribution in [3.63, 3.8) is 0 Å². The zero-order chi connectivity index (χ0) is 21.8. The van der Waals surface area contributed by atoms with E-state index in [1.165, 1.54) is 0 Å². The van der Waals surface area contributed by atoms with E-state index in [-0.39, 0.29) is 17.5 Å². The molecule has 1 fully saturated rings. The molecule has 1 aliphatic heterocycles. The molecular weight excluding hydrogens is 390 g/mol. The van der Waals surface area contributed by atoms with Crippen molar-refractivity contribution in [2.45, 2.75) is 38.6 Å². The molecule has 1 aromatic heterocycles. The Kier molecular flexibility index (Phi) is 6.16. The highest BCUT2D eigenvalue weighted by atomic mass is 16.5. The number of aromatic nitrogens is 2. The standard InChI is InChI=1S/C25H27N3O3/c1-17-21(15-18-7-4-3-5-8-18)25(30)27-24(26-17)22-9-6-14-28(22)23(29)16-19-10-12-20(31-2)13-11-19/h3-5,7-8,10-13,22H,6,9,14-16H2,1-2H3,(H,26,27,30)/t22-/m0/s1. The van der Waals surface area contributed by atoms with Gasteiger partial charge < -0.3 is 14.6 Å². The van der Waals surface area contributed by atoms with Crippen LogP contribution in [0.1, 0.15) is 47.1 Å². The van der Waals surface area contributed by atoms with Gasteiger partial charge in [0.05, 0.1) is 19.6 Å². The fraction of sp³-hybridized carbons (Fsp3) is 0.320. The topological polar surface area (TPSA) is 75.3 Å². The summed E-state index contributed by atoms with van der Waals surface area (Å²) >= 11 is 0. The lowest BCUT2D eigenvalue weighted by Crippen LogP contribution is -2.34. The number of carbonyl (C=O) groups excluding carboxylic acids is 1. The van der Waals surface area contributed by atoms with E-state index in [9.17, 15) is 9.59 Å². The molecule has 1 atom stereocenters. The molecule has 3 aromatic rings. The van der Waals surface area contributed by atoms with Crippen molar-refractivity contribution in [3.8, 4) is 5.75 Å². The summed E-state index contributed by atoms with van der Waals surface area (Å²) in [5.74, 6) is 1.39. The average molecular weight is 418 g/mol. The molecule has 0 radical (unpaired) electrons. The molecule has 1 N–H and O–H groups in total. The minimum atomic E-state index is -0.192. The number of H-pyrrole nitrogens is 1. The van der Waals surface area contributed by atoms with Gasteiger partial charge in [0.15, 0.2) is 0 Å². The summed E-state index contributed by atoms with van der Waals surface area (Å²) in [5, 5.41) is 0. The summed E-state index contributed by atoms with van der Waals surface area (Å²) in [6.45, 7) is 2.55. The fourth-order valence-corrected chi connectivity index (χ4v) is 4.17. The van der Waals surface area contributed by atoms with Crippen molar-refractivity contribution in [1.29, 1.82) is 0 Å². The van der Waals surface area contributed by atoms with Gasteiger partial charge in [0, 0.05) is 24.2 Å². The summed E-state index contributed by atoms with van der Waals surface area (Å²) in [5.41, 5.74) is 3.28. The summed E-state index contributed by atoms with van der Waals surface area (Å²) < 4.78 is 5.18. The molecule has 2 aromatic carbocycles. The van der Waals surface area contributed by atoms with Crippen LogP contribution in [0.15, 0.2) is 59.4 Å². The highest BCUT2D eigenvalue weighted by molar-refractivity contribution is 5.79. The largest absolute Gasteiger partial charge is 0.497 e. The van der Waals surface area contributed by atoms with Crippen molar-refractivity contribution in [3.05, 3.63) is 93.2 Å². The number of carbonyl (C=O) groups is 1. The Balaban J connectivity index is 1.52. The van der Waals surface area contributed by atoms with Crippen LogP contribution in [0.2, 0.25) is 0 Å². The first-order valence-electron chi connectivity index (χ1n) is 10.6. The normalized spacial score (nSPS) is 15.8. The molecule has 6 heteroatoms. The third-order valence-corrected chi connectivity index (χ3v) is 5.87. The Hall–Kier alpha value is -3.41. The summed E-state index contributed by atoms with van der Waals surface area (Å²) in [6, 6.07) is 17.2. The lowest BCUT2D eigenvalue weighted by atomic mass is 10.0. The van der Waals surface area contributed by atoms with Crippen LogP contribution in [0, 0.1) is 6.92 Å². The molecule has 6 nitrogen and oxygen atoms in total. The number of likely N-dealkylation sites (tertiary alicyclic amines) is 1. The first-order chi connectivity index (χ1) is 15.0. The van der Waals surface area contributed by atoms with E-state index in [1.54, 1.807) is 7.11 Å². The highest BCUT2D eigenvalue weighted by Gasteiger charge is 2.32. The van der Waals surface area contributed by atoms with Gasteiger partial charge in [-0.25, -0.2) is 4.98 Å². The van der Waals surface area contributed by atoms with Crippen molar-refractivity contribution in [2.24, 2.45) is 0 Å². The minimum absolute atomic E-state index is 0.0429. The smallest absolute Gasteiger partial charge is 0.254 e. The van der Waals surface area contributed by atoms with Crippen molar-refractivity contribution in [2.75, 3.05) is 13.7 Å². The number of aromatic amines is 1. The molecule has 160 valence electrons. The van der Waals surface area contributed by atoms with E-state index in [4.69, 9.17) is 9.72 Å². The third-order valence-electron chi connectivity index (χ3n) is 5.87. The number of methoxy groups -OCH3 is 1. The van der Waals surface area contributed by atoms with Crippen molar-refractivity contribution < 1.29 is 9.53 Å². The highest BCUT2D eigenvalue weighted by Crippen LogP contribution is 2.30. The number of hydrogen-bond acceptors (Lipinski definition) is 4. The summed E-state index contributed by atoms with van der Waals surface area (Å²) in [7, 11) is 1.62. The second-order valence-electron chi connectivity index (χ2n) is 7.95. The van der Waals surface area contributed by atoms with Gasteiger partial charge in [-0.1, -0.05) is 42.5 Å². The van der Waals surface area contributed by atoms with E-state index in [0.29, 0.717) is 30.8 Å². The predicted octanol–water partition coefficient (Wildman–Crippen LogP) is 3.58. The molecule has 1 amide bonds. The Morgan fingerprint density at radius 3 is 2.55 bits per heavy atom.